The van der Waals surface area contributed by atoms with Crippen LogP contribution in [0.4, 0.5) is 0 Å². The molecule has 7 heteroatoms. The summed E-state index contributed by atoms with van der Waals surface area (Å²) in [5.41, 5.74) is 2.18. The average molecular weight is 326 g/mol. The molecule has 0 saturated heterocycles. The van der Waals surface area contributed by atoms with Gasteiger partial charge in [-0.1, -0.05) is 12.1 Å². The molecular weight excluding hydrogens is 316 g/mol. The molecule has 0 saturated carbocycles. The summed E-state index contributed by atoms with van der Waals surface area (Å²) >= 11 is 0. The van der Waals surface area contributed by atoms with Crippen LogP contribution in [-0.2, 0) is 10.1 Å². The second-order valence-corrected chi connectivity index (χ2v) is 6.63. The van der Waals surface area contributed by atoms with Gasteiger partial charge >= 0.3 is 0 Å². The zero-order chi connectivity index (χ0) is 16.2. The second kappa shape index (κ2) is 4.61. The van der Waals surface area contributed by atoms with E-state index in [0.717, 1.165) is 11.6 Å². The Hall–Kier alpha value is -2.77. The molecule has 1 aromatic heterocycles. The summed E-state index contributed by atoms with van der Waals surface area (Å²) < 4.78 is 32.0. The molecule has 0 aliphatic heterocycles. The van der Waals surface area contributed by atoms with Crippen molar-refractivity contribution < 1.29 is 13.0 Å². The van der Waals surface area contributed by atoms with Gasteiger partial charge in [0.2, 0.25) is 0 Å². The lowest BCUT2D eigenvalue weighted by Gasteiger charge is -2.06. The lowest BCUT2D eigenvalue weighted by Crippen LogP contribution is -2.07. The van der Waals surface area contributed by atoms with Gasteiger partial charge in [-0.15, -0.1) is 0 Å². The molecule has 0 bridgehead atoms. The van der Waals surface area contributed by atoms with Crippen LogP contribution in [0.2, 0.25) is 0 Å². The van der Waals surface area contributed by atoms with Gasteiger partial charge in [-0.05, 0) is 30.3 Å². The van der Waals surface area contributed by atoms with Crippen molar-refractivity contribution in [1.82, 2.24) is 9.97 Å². The van der Waals surface area contributed by atoms with Crippen molar-refractivity contribution >= 4 is 43.0 Å². The van der Waals surface area contributed by atoms with Gasteiger partial charge in [-0.25, -0.2) is 4.98 Å². The first kappa shape index (κ1) is 13.9. The zero-order valence-electron chi connectivity index (χ0n) is 11.6. The van der Waals surface area contributed by atoms with Crippen LogP contribution in [0.5, 0.6) is 0 Å². The summed E-state index contributed by atoms with van der Waals surface area (Å²) in [7, 11) is -4.47. The van der Waals surface area contributed by atoms with Crippen molar-refractivity contribution in [2.24, 2.45) is 0 Å². The minimum atomic E-state index is -4.47. The maximum absolute atomic E-state index is 12.1. The summed E-state index contributed by atoms with van der Waals surface area (Å²) in [5.74, 6) is 0. The number of nitrogens with one attached hydrogen (secondary N) is 1. The molecule has 3 aromatic carbocycles. The van der Waals surface area contributed by atoms with Gasteiger partial charge in [0.1, 0.15) is 0 Å². The van der Waals surface area contributed by atoms with E-state index in [-0.39, 0.29) is 0 Å². The average Bonchev–Trinajstić information content (AvgIpc) is 2.52. The summed E-state index contributed by atoms with van der Waals surface area (Å²) in [5, 5.41) is 0.728. The number of nitrogens with zero attached hydrogens (tertiary/aromatic N) is 1. The quantitative estimate of drug-likeness (QED) is 0.318. The predicted octanol–water partition coefficient (Wildman–Crippen LogP) is 2.48. The van der Waals surface area contributed by atoms with Crippen LogP contribution >= 0.6 is 0 Å². The highest BCUT2D eigenvalue weighted by atomic mass is 32.2. The van der Waals surface area contributed by atoms with E-state index >= 15 is 0 Å². The smallest absolute Gasteiger partial charge is 0.294 e. The molecule has 23 heavy (non-hydrogen) atoms. The van der Waals surface area contributed by atoms with E-state index in [0.29, 0.717) is 27.3 Å². The largest absolute Gasteiger partial charge is 0.352 e. The lowest BCUT2D eigenvalue weighted by atomic mass is 10.1. The number of para-hydroxylation sites is 2. The Bertz CT molecular complexity index is 1260. The van der Waals surface area contributed by atoms with Gasteiger partial charge in [0.25, 0.3) is 10.1 Å². The summed E-state index contributed by atoms with van der Waals surface area (Å²) in [6.45, 7) is 0. The van der Waals surface area contributed by atoms with Crippen LogP contribution < -0.4 is 5.43 Å². The Labute approximate surface area is 130 Å². The fraction of sp³-hybridized carbons (Fsp3) is 0. The second-order valence-electron chi connectivity index (χ2n) is 5.21. The Morgan fingerprint density at radius 1 is 0.957 bits per heavy atom. The molecule has 1 heterocycles. The van der Waals surface area contributed by atoms with E-state index in [1.54, 1.807) is 12.1 Å². The highest BCUT2D eigenvalue weighted by Crippen LogP contribution is 2.25. The zero-order valence-corrected chi connectivity index (χ0v) is 12.5. The van der Waals surface area contributed by atoms with E-state index in [9.17, 15) is 17.8 Å². The van der Waals surface area contributed by atoms with Crippen molar-refractivity contribution in [2.45, 2.75) is 4.90 Å². The molecule has 0 atom stereocenters. The standard InChI is InChI=1S/C16H10N2O4S/c19-15-8-9(23(20,21)22)7-11-10(15)5-6-14-16(11)18-13-4-2-1-3-12(13)17-14/h1-8,17H,(H,20,21,22). The lowest BCUT2D eigenvalue weighted by molar-refractivity contribution is 0.483. The minimum absolute atomic E-state index is 0.348. The molecule has 4 aromatic rings. The van der Waals surface area contributed by atoms with Crippen LogP contribution in [-0.4, -0.2) is 22.9 Å². The Balaban J connectivity index is 2.24. The molecule has 0 radical (unpaired) electrons. The maximum Gasteiger partial charge on any atom is 0.294 e. The molecule has 0 aliphatic rings. The van der Waals surface area contributed by atoms with Crippen molar-refractivity contribution in [3.8, 4) is 0 Å². The summed E-state index contributed by atoms with van der Waals surface area (Å²) in [6.07, 6.45) is 0. The molecule has 0 fully saturated rings. The summed E-state index contributed by atoms with van der Waals surface area (Å²) in [4.78, 5) is 19.4. The van der Waals surface area contributed by atoms with E-state index in [1.807, 2.05) is 24.3 Å². The third-order valence-corrected chi connectivity index (χ3v) is 4.58. The number of aromatic nitrogens is 2. The number of rotatable bonds is 1. The molecule has 0 unspecified atom stereocenters. The first-order valence-corrected chi connectivity index (χ1v) is 8.20. The Morgan fingerprint density at radius 2 is 1.74 bits per heavy atom. The van der Waals surface area contributed by atoms with Gasteiger partial charge in [0, 0.05) is 16.8 Å². The third kappa shape index (κ3) is 2.18. The van der Waals surface area contributed by atoms with E-state index in [1.165, 1.54) is 6.07 Å². The molecule has 6 nitrogen and oxygen atoms in total. The predicted molar refractivity (Wildman–Crippen MR) is 87.2 cm³/mol. The van der Waals surface area contributed by atoms with E-state index < -0.39 is 20.4 Å². The summed E-state index contributed by atoms with van der Waals surface area (Å²) in [6, 6.07) is 12.9. The van der Waals surface area contributed by atoms with E-state index in [2.05, 4.69) is 9.97 Å². The SMILES string of the molecule is O=c1cc(S(=O)(=O)O)cc2c1ccc1[nH]c3ccccc3nc12. The molecule has 114 valence electrons. The van der Waals surface area contributed by atoms with Gasteiger partial charge in [-0.3, -0.25) is 9.35 Å². The molecule has 0 spiro atoms. The number of hydrogen-bond donors (Lipinski definition) is 2. The van der Waals surface area contributed by atoms with Gasteiger partial charge in [-0.2, -0.15) is 8.42 Å². The Morgan fingerprint density at radius 3 is 2.52 bits per heavy atom. The fourth-order valence-electron chi connectivity index (χ4n) is 2.67. The normalized spacial score (nSPS) is 12.2. The van der Waals surface area contributed by atoms with Crippen LogP contribution in [0, 0.1) is 0 Å². The van der Waals surface area contributed by atoms with Gasteiger partial charge in [0.05, 0.1) is 27.0 Å². The van der Waals surface area contributed by atoms with Crippen LogP contribution in [0.25, 0.3) is 32.8 Å². The fourth-order valence-corrected chi connectivity index (χ4v) is 3.20. The van der Waals surface area contributed by atoms with Crippen LogP contribution in [0.3, 0.4) is 0 Å². The number of benzene rings is 3. The molecule has 0 aliphatic carbocycles. The highest BCUT2D eigenvalue weighted by Gasteiger charge is 2.15. The highest BCUT2D eigenvalue weighted by molar-refractivity contribution is 7.85. The molecule has 4 rings (SSSR count). The first-order chi connectivity index (χ1) is 10.9. The third-order valence-electron chi connectivity index (χ3n) is 3.75. The molecular formula is C16H10N2O4S. The monoisotopic (exact) mass is 326 g/mol. The number of fused-ring (bicyclic) bond motifs is 4. The number of hydrogen-bond acceptors (Lipinski definition) is 4. The molecule has 0 amide bonds. The van der Waals surface area contributed by atoms with Crippen LogP contribution in [0.1, 0.15) is 0 Å². The minimum Gasteiger partial charge on any atom is -0.352 e. The van der Waals surface area contributed by atoms with Crippen molar-refractivity contribution in [3.63, 3.8) is 0 Å². The van der Waals surface area contributed by atoms with Crippen LogP contribution in [0.15, 0.2) is 58.2 Å². The van der Waals surface area contributed by atoms with Gasteiger partial charge < -0.3 is 4.98 Å². The first-order valence-electron chi connectivity index (χ1n) is 6.76. The number of H-pyrrole nitrogens is 1. The maximum atomic E-state index is 12.1. The Kier molecular flexibility index (Phi) is 2.78. The van der Waals surface area contributed by atoms with Gasteiger partial charge in [0.15, 0.2) is 5.43 Å². The number of aromatic amines is 1. The van der Waals surface area contributed by atoms with E-state index in [4.69, 9.17) is 0 Å². The molecule has 2 N–H and O–H groups in total. The van der Waals surface area contributed by atoms with Crippen molar-refractivity contribution in [2.75, 3.05) is 0 Å². The van der Waals surface area contributed by atoms with Crippen molar-refractivity contribution in [1.29, 1.82) is 0 Å². The van der Waals surface area contributed by atoms with Crippen molar-refractivity contribution in [3.05, 3.63) is 58.8 Å². The topological polar surface area (TPSA) is 100 Å².